The van der Waals surface area contributed by atoms with Crippen LogP contribution in [0, 0.1) is 6.92 Å². The van der Waals surface area contributed by atoms with Gasteiger partial charge in [0, 0.05) is 11.6 Å². The van der Waals surface area contributed by atoms with Crippen LogP contribution in [-0.2, 0) is 6.42 Å². The maximum atomic E-state index is 10.1. The van der Waals surface area contributed by atoms with Crippen LogP contribution in [0.1, 0.15) is 24.0 Å². The van der Waals surface area contributed by atoms with Crippen LogP contribution in [0.4, 0.5) is 0 Å². The summed E-state index contributed by atoms with van der Waals surface area (Å²) in [5, 5.41) is 14.2. The number of hydrogen-bond acceptors (Lipinski definition) is 3. The molecule has 1 aromatic carbocycles. The molecular formula is C13H18ClNO2. The lowest BCUT2D eigenvalue weighted by atomic mass is 10.0. The summed E-state index contributed by atoms with van der Waals surface area (Å²) in [7, 11) is 1.56. The van der Waals surface area contributed by atoms with E-state index in [1.807, 2.05) is 6.92 Å². The third-order valence-electron chi connectivity index (χ3n) is 3.31. The van der Waals surface area contributed by atoms with Gasteiger partial charge in [0.1, 0.15) is 0 Å². The molecule has 0 aliphatic carbocycles. The molecule has 3 nitrogen and oxygen atoms in total. The highest BCUT2D eigenvalue weighted by Gasteiger charge is 2.21. The first-order chi connectivity index (χ1) is 8.13. The average Bonchev–Trinajstić information content (AvgIpc) is 2.82. The second kappa shape index (κ2) is 5.15. The summed E-state index contributed by atoms with van der Waals surface area (Å²) < 4.78 is 5.16. The maximum Gasteiger partial charge on any atom is 0.162 e. The number of hydrogen-bond donors (Lipinski definition) is 2. The quantitative estimate of drug-likeness (QED) is 0.873. The third kappa shape index (κ3) is 2.50. The van der Waals surface area contributed by atoms with Gasteiger partial charge in [-0.1, -0.05) is 11.6 Å². The van der Waals surface area contributed by atoms with E-state index in [2.05, 4.69) is 5.32 Å². The van der Waals surface area contributed by atoms with Gasteiger partial charge in [0.25, 0.3) is 0 Å². The van der Waals surface area contributed by atoms with Gasteiger partial charge >= 0.3 is 0 Å². The second-order valence-electron chi connectivity index (χ2n) is 4.53. The van der Waals surface area contributed by atoms with E-state index in [0.29, 0.717) is 16.8 Å². The van der Waals surface area contributed by atoms with E-state index in [1.165, 1.54) is 6.42 Å². The van der Waals surface area contributed by atoms with Crippen molar-refractivity contribution in [2.75, 3.05) is 13.7 Å². The molecule has 17 heavy (non-hydrogen) atoms. The van der Waals surface area contributed by atoms with Crippen LogP contribution in [0.5, 0.6) is 11.5 Å². The Hall–Kier alpha value is -0.930. The van der Waals surface area contributed by atoms with E-state index in [9.17, 15) is 5.11 Å². The van der Waals surface area contributed by atoms with Gasteiger partial charge in [-0.15, -0.1) is 0 Å². The maximum absolute atomic E-state index is 10.1. The van der Waals surface area contributed by atoms with E-state index < -0.39 is 0 Å². The largest absolute Gasteiger partial charge is 0.504 e. The Balaban J connectivity index is 2.33. The Morgan fingerprint density at radius 1 is 1.59 bits per heavy atom. The predicted octanol–water partition coefficient (Wildman–Crippen LogP) is 2.66. The van der Waals surface area contributed by atoms with Crippen LogP contribution >= 0.6 is 11.6 Å². The van der Waals surface area contributed by atoms with Crippen molar-refractivity contribution in [2.24, 2.45) is 0 Å². The first-order valence-electron chi connectivity index (χ1n) is 5.91. The van der Waals surface area contributed by atoms with Crippen molar-refractivity contribution in [3.05, 3.63) is 22.2 Å². The fraction of sp³-hybridized carbons (Fsp3) is 0.538. The van der Waals surface area contributed by atoms with E-state index in [4.69, 9.17) is 16.3 Å². The Bertz CT molecular complexity index is 414. The van der Waals surface area contributed by atoms with Crippen LogP contribution < -0.4 is 10.1 Å². The highest BCUT2D eigenvalue weighted by molar-refractivity contribution is 6.32. The minimum Gasteiger partial charge on any atom is -0.504 e. The Morgan fingerprint density at radius 3 is 2.94 bits per heavy atom. The summed E-state index contributed by atoms with van der Waals surface area (Å²) in [6.07, 6.45) is 3.07. The van der Waals surface area contributed by atoms with Gasteiger partial charge in [-0.25, -0.2) is 0 Å². The van der Waals surface area contributed by atoms with Crippen molar-refractivity contribution < 1.29 is 9.84 Å². The molecule has 2 rings (SSSR count). The van der Waals surface area contributed by atoms with Crippen LogP contribution in [0.3, 0.4) is 0 Å². The summed E-state index contributed by atoms with van der Waals surface area (Å²) in [6, 6.07) is 2.17. The zero-order valence-electron chi connectivity index (χ0n) is 10.2. The molecule has 0 bridgehead atoms. The Morgan fingerprint density at radius 2 is 2.35 bits per heavy atom. The molecule has 0 aromatic heterocycles. The number of nitrogens with one attached hydrogen (secondary N) is 1. The number of methoxy groups -OCH3 is 1. The lowest BCUT2D eigenvalue weighted by Gasteiger charge is -2.16. The van der Waals surface area contributed by atoms with Gasteiger partial charge in [0.05, 0.1) is 12.1 Å². The number of rotatable bonds is 3. The predicted molar refractivity (Wildman–Crippen MR) is 69.1 cm³/mol. The molecule has 4 heteroatoms. The van der Waals surface area contributed by atoms with Crippen molar-refractivity contribution in [1.82, 2.24) is 5.32 Å². The molecule has 1 aliphatic heterocycles. The SMILES string of the molecule is COc1cc(C)c(Cl)c(CC2CCCN2)c1O. The Labute approximate surface area is 107 Å². The van der Waals surface area contributed by atoms with E-state index in [-0.39, 0.29) is 5.75 Å². The molecule has 1 aromatic rings. The normalized spacial score (nSPS) is 19.6. The minimum absolute atomic E-state index is 0.178. The number of halogens is 1. The summed E-state index contributed by atoms with van der Waals surface area (Å²) in [4.78, 5) is 0. The highest BCUT2D eigenvalue weighted by Crippen LogP contribution is 2.38. The highest BCUT2D eigenvalue weighted by atomic mass is 35.5. The van der Waals surface area contributed by atoms with Crippen molar-refractivity contribution >= 4 is 11.6 Å². The van der Waals surface area contributed by atoms with Crippen molar-refractivity contribution in [1.29, 1.82) is 0 Å². The fourth-order valence-corrected chi connectivity index (χ4v) is 2.56. The van der Waals surface area contributed by atoms with E-state index in [0.717, 1.165) is 30.5 Å². The van der Waals surface area contributed by atoms with Crippen molar-refractivity contribution in [2.45, 2.75) is 32.2 Å². The molecule has 0 radical (unpaired) electrons. The van der Waals surface area contributed by atoms with Crippen molar-refractivity contribution in [3.63, 3.8) is 0 Å². The topological polar surface area (TPSA) is 41.5 Å². The molecule has 1 saturated heterocycles. The molecule has 0 saturated carbocycles. The first-order valence-corrected chi connectivity index (χ1v) is 6.29. The van der Waals surface area contributed by atoms with Gasteiger partial charge in [-0.3, -0.25) is 0 Å². The van der Waals surface area contributed by atoms with E-state index in [1.54, 1.807) is 13.2 Å². The van der Waals surface area contributed by atoms with Gasteiger partial charge in [-0.05, 0) is 44.4 Å². The van der Waals surface area contributed by atoms with Crippen LogP contribution in [0.25, 0.3) is 0 Å². The summed E-state index contributed by atoms with van der Waals surface area (Å²) in [5.41, 5.74) is 1.73. The lowest BCUT2D eigenvalue weighted by molar-refractivity contribution is 0.369. The molecule has 1 fully saturated rings. The standard InChI is InChI=1S/C13H18ClNO2/c1-8-6-11(17-2)13(16)10(12(8)14)7-9-4-3-5-15-9/h6,9,15-16H,3-5,7H2,1-2H3. The number of aryl methyl sites for hydroxylation is 1. The molecule has 1 heterocycles. The van der Waals surface area contributed by atoms with Gasteiger partial charge < -0.3 is 15.2 Å². The molecule has 0 spiro atoms. The van der Waals surface area contributed by atoms with Crippen LogP contribution in [0.15, 0.2) is 6.07 Å². The first kappa shape index (κ1) is 12.5. The second-order valence-corrected chi connectivity index (χ2v) is 4.91. The van der Waals surface area contributed by atoms with Gasteiger partial charge in [0.2, 0.25) is 0 Å². The molecule has 2 N–H and O–H groups in total. The molecular weight excluding hydrogens is 238 g/mol. The number of benzene rings is 1. The number of ether oxygens (including phenoxy) is 1. The number of phenols is 1. The zero-order chi connectivity index (χ0) is 12.4. The molecule has 1 aliphatic rings. The fourth-order valence-electron chi connectivity index (χ4n) is 2.34. The van der Waals surface area contributed by atoms with E-state index >= 15 is 0 Å². The van der Waals surface area contributed by atoms with Crippen LogP contribution in [-0.4, -0.2) is 24.8 Å². The van der Waals surface area contributed by atoms with Gasteiger partial charge in [0.15, 0.2) is 11.5 Å². The average molecular weight is 256 g/mol. The monoisotopic (exact) mass is 255 g/mol. The van der Waals surface area contributed by atoms with Crippen LogP contribution in [0.2, 0.25) is 5.02 Å². The van der Waals surface area contributed by atoms with Crippen molar-refractivity contribution in [3.8, 4) is 11.5 Å². The molecule has 1 atom stereocenters. The lowest BCUT2D eigenvalue weighted by Crippen LogP contribution is -2.23. The summed E-state index contributed by atoms with van der Waals surface area (Å²) in [5.74, 6) is 0.677. The summed E-state index contributed by atoms with van der Waals surface area (Å²) in [6.45, 7) is 2.97. The Kier molecular flexibility index (Phi) is 3.79. The van der Waals surface area contributed by atoms with Gasteiger partial charge in [-0.2, -0.15) is 0 Å². The third-order valence-corrected chi connectivity index (χ3v) is 3.84. The summed E-state index contributed by atoms with van der Waals surface area (Å²) >= 11 is 6.26. The number of phenolic OH excluding ortho intramolecular Hbond substituents is 1. The number of aromatic hydroxyl groups is 1. The molecule has 94 valence electrons. The molecule has 0 amide bonds. The zero-order valence-corrected chi connectivity index (χ0v) is 11.0. The molecule has 1 unspecified atom stereocenters. The smallest absolute Gasteiger partial charge is 0.162 e. The minimum atomic E-state index is 0.178.